The standard InChI is InChI=1S/C10H15.CH3.2ClH.Zr/c1-6-7(2)9(4)10(5)8(6)3;;;;/h1-5H3;1H3;2*1H;/q2*-1;;;+4/p-2. The molecule has 1 rings (SSSR count). The fourth-order valence-corrected chi connectivity index (χ4v) is 1.41. The molecule has 0 heterocycles. The van der Waals surface area contributed by atoms with Crippen LogP contribution in [0.25, 0.3) is 0 Å². The van der Waals surface area contributed by atoms with Crippen molar-refractivity contribution in [2.75, 3.05) is 0 Å². The molecule has 0 nitrogen and oxygen atoms in total. The summed E-state index contributed by atoms with van der Waals surface area (Å²) < 4.78 is 0. The molecule has 1 aromatic rings. The predicted octanol–water partition coefficient (Wildman–Crippen LogP) is 4.77. The van der Waals surface area contributed by atoms with Crippen molar-refractivity contribution in [3.05, 3.63) is 35.2 Å². The summed E-state index contributed by atoms with van der Waals surface area (Å²) in [5.74, 6) is 0. The van der Waals surface area contributed by atoms with Gasteiger partial charge in [-0.05, 0) is 0 Å². The second-order valence-electron chi connectivity index (χ2n) is 3.20. The van der Waals surface area contributed by atoms with Crippen LogP contribution in [0.3, 0.4) is 0 Å². The molecule has 0 aliphatic rings. The van der Waals surface area contributed by atoms with Crippen LogP contribution in [0.5, 0.6) is 0 Å². The predicted molar refractivity (Wildman–Crippen MR) is 63.8 cm³/mol. The Bertz CT molecular complexity index is 197. The van der Waals surface area contributed by atoms with E-state index in [1.807, 2.05) is 0 Å². The summed E-state index contributed by atoms with van der Waals surface area (Å²) in [6.45, 7) is 11.0. The van der Waals surface area contributed by atoms with E-state index in [0.29, 0.717) is 0 Å². The molecule has 0 aromatic heterocycles. The van der Waals surface area contributed by atoms with E-state index >= 15 is 0 Å². The summed E-state index contributed by atoms with van der Waals surface area (Å²) in [6.07, 6.45) is 0. The summed E-state index contributed by atoms with van der Waals surface area (Å²) in [6, 6.07) is 0. The second-order valence-corrected chi connectivity index (χ2v) is 6.93. The quantitative estimate of drug-likeness (QED) is 0.605. The van der Waals surface area contributed by atoms with Gasteiger partial charge in [-0.15, -0.1) is 0 Å². The van der Waals surface area contributed by atoms with Gasteiger partial charge in [0.2, 0.25) is 0 Å². The first-order valence-electron chi connectivity index (χ1n) is 4.13. The first-order chi connectivity index (χ1) is 5.97. The van der Waals surface area contributed by atoms with Gasteiger partial charge in [-0.3, -0.25) is 0 Å². The van der Waals surface area contributed by atoms with Crippen molar-refractivity contribution >= 4 is 17.0 Å². The van der Waals surface area contributed by atoms with Crippen molar-refractivity contribution in [2.24, 2.45) is 0 Å². The van der Waals surface area contributed by atoms with Gasteiger partial charge in [0.25, 0.3) is 0 Å². The Morgan fingerprint density at radius 3 is 1.21 bits per heavy atom. The summed E-state index contributed by atoms with van der Waals surface area (Å²) in [4.78, 5) is 0. The Labute approximate surface area is 107 Å². The third-order valence-electron chi connectivity index (χ3n) is 2.81. The molecule has 14 heavy (non-hydrogen) atoms. The molecular formula is C11H18Cl2Zr. The van der Waals surface area contributed by atoms with Crippen molar-refractivity contribution in [3.8, 4) is 0 Å². The van der Waals surface area contributed by atoms with Crippen LogP contribution < -0.4 is 0 Å². The Hall–Kier alpha value is 0.813. The first kappa shape index (κ1) is 17.2. The molecule has 0 spiro atoms. The fourth-order valence-electron chi connectivity index (χ4n) is 1.41. The van der Waals surface area contributed by atoms with E-state index in [2.05, 4.69) is 34.6 Å². The van der Waals surface area contributed by atoms with Gasteiger partial charge in [-0.1, -0.05) is 34.6 Å². The fraction of sp³-hybridized carbons (Fsp3) is 0.455. The molecule has 0 saturated heterocycles. The van der Waals surface area contributed by atoms with Gasteiger partial charge in [0.05, 0.1) is 0 Å². The molecule has 80 valence electrons. The third-order valence-corrected chi connectivity index (χ3v) is 2.81. The Morgan fingerprint density at radius 1 is 0.929 bits per heavy atom. The van der Waals surface area contributed by atoms with Gasteiger partial charge in [-0.2, -0.15) is 27.8 Å². The van der Waals surface area contributed by atoms with E-state index in [1.165, 1.54) is 27.8 Å². The number of hydrogen-bond donors (Lipinski definition) is 0. The maximum absolute atomic E-state index is 4.93. The van der Waals surface area contributed by atoms with Gasteiger partial charge >= 0.3 is 37.9 Å². The van der Waals surface area contributed by atoms with Crippen LogP contribution in [-0.2, 0) is 20.8 Å². The summed E-state index contributed by atoms with van der Waals surface area (Å²) in [5, 5.41) is 0. The maximum atomic E-state index is 4.93. The van der Waals surface area contributed by atoms with Crippen LogP contribution in [0.4, 0.5) is 0 Å². The molecule has 0 N–H and O–H groups in total. The van der Waals surface area contributed by atoms with Crippen molar-refractivity contribution < 1.29 is 20.8 Å². The third kappa shape index (κ3) is 4.13. The van der Waals surface area contributed by atoms with Crippen LogP contribution in [0.1, 0.15) is 27.8 Å². The number of rotatable bonds is 0. The summed E-state index contributed by atoms with van der Waals surface area (Å²) in [5.41, 5.74) is 7.34. The first-order valence-corrected chi connectivity index (χ1v) is 10.5. The van der Waals surface area contributed by atoms with Gasteiger partial charge in [0.1, 0.15) is 0 Å². The van der Waals surface area contributed by atoms with Gasteiger partial charge in [0.15, 0.2) is 0 Å². The summed E-state index contributed by atoms with van der Waals surface area (Å²) >= 11 is -0.826. The number of halogens is 2. The van der Waals surface area contributed by atoms with Crippen LogP contribution in [-0.4, -0.2) is 0 Å². The average molecular weight is 312 g/mol. The van der Waals surface area contributed by atoms with E-state index in [9.17, 15) is 0 Å². The van der Waals surface area contributed by atoms with E-state index in [-0.39, 0.29) is 7.43 Å². The average Bonchev–Trinajstić information content (AvgIpc) is 2.25. The van der Waals surface area contributed by atoms with E-state index < -0.39 is 20.8 Å². The van der Waals surface area contributed by atoms with E-state index in [4.69, 9.17) is 17.0 Å². The van der Waals surface area contributed by atoms with Crippen LogP contribution in [0.15, 0.2) is 0 Å². The van der Waals surface area contributed by atoms with Crippen molar-refractivity contribution in [1.82, 2.24) is 0 Å². The molecule has 1 aromatic carbocycles. The summed E-state index contributed by atoms with van der Waals surface area (Å²) in [7, 11) is 9.87. The number of hydrogen-bond acceptors (Lipinski definition) is 0. The van der Waals surface area contributed by atoms with Crippen molar-refractivity contribution in [3.63, 3.8) is 0 Å². The molecule has 3 heteroatoms. The second kappa shape index (κ2) is 8.02. The normalized spacial score (nSPS) is 8.21. The molecule has 0 radical (unpaired) electrons. The monoisotopic (exact) mass is 310 g/mol. The Balaban J connectivity index is 0. The Morgan fingerprint density at radius 2 is 1.14 bits per heavy atom. The molecule has 0 aliphatic heterocycles. The zero-order valence-electron chi connectivity index (χ0n) is 9.76. The molecule has 0 atom stereocenters. The molecular weight excluding hydrogens is 294 g/mol. The zero-order valence-corrected chi connectivity index (χ0v) is 13.7. The molecule has 0 aliphatic carbocycles. The molecule has 0 fully saturated rings. The SMILES string of the molecule is Cc1c(C)c(C)[c-](C)c1C.[CH3-].[Cl][Zr+2][Cl]. The molecule has 0 amide bonds. The van der Waals surface area contributed by atoms with Gasteiger partial charge in [-0.25, -0.2) is 0 Å². The van der Waals surface area contributed by atoms with Crippen LogP contribution in [0, 0.1) is 42.0 Å². The van der Waals surface area contributed by atoms with E-state index in [1.54, 1.807) is 0 Å². The molecule has 0 bridgehead atoms. The van der Waals surface area contributed by atoms with Gasteiger partial charge < -0.3 is 7.43 Å². The van der Waals surface area contributed by atoms with Crippen LogP contribution in [0.2, 0.25) is 0 Å². The van der Waals surface area contributed by atoms with Crippen LogP contribution >= 0.6 is 17.0 Å². The molecule has 0 saturated carbocycles. The minimum atomic E-state index is -0.826. The van der Waals surface area contributed by atoms with Crippen molar-refractivity contribution in [1.29, 1.82) is 0 Å². The minimum absolute atomic E-state index is 0. The zero-order chi connectivity index (χ0) is 10.6. The Kier molecular flexibility index (Phi) is 9.86. The molecule has 0 unspecified atom stereocenters. The topological polar surface area (TPSA) is 0 Å². The van der Waals surface area contributed by atoms with Gasteiger partial charge in [0, 0.05) is 0 Å². The van der Waals surface area contributed by atoms with Crippen molar-refractivity contribution in [2.45, 2.75) is 34.6 Å². The van der Waals surface area contributed by atoms with E-state index in [0.717, 1.165) is 0 Å².